The van der Waals surface area contributed by atoms with Crippen LogP contribution >= 0.6 is 0 Å². The average molecular weight is 179 g/mol. The molecule has 0 radical (unpaired) electrons. The molecule has 1 aromatic heterocycles. The Labute approximate surface area is 75.3 Å². The van der Waals surface area contributed by atoms with Crippen LogP contribution in [0.5, 0.6) is 5.75 Å². The fourth-order valence-corrected chi connectivity index (χ4v) is 1.57. The van der Waals surface area contributed by atoms with Crippen molar-refractivity contribution >= 4 is 10.9 Å². The third-order valence-electron chi connectivity index (χ3n) is 2.22. The molecule has 3 heteroatoms. The van der Waals surface area contributed by atoms with E-state index in [9.17, 15) is 4.39 Å². The molecule has 0 aliphatic heterocycles. The number of fused-ring (bicyclic) bond motifs is 1. The predicted molar refractivity (Wildman–Crippen MR) is 49.5 cm³/mol. The first-order valence-corrected chi connectivity index (χ1v) is 4.04. The van der Waals surface area contributed by atoms with E-state index in [0.717, 1.165) is 16.5 Å². The molecule has 0 fully saturated rings. The number of rotatable bonds is 1. The van der Waals surface area contributed by atoms with Crippen LogP contribution < -0.4 is 4.74 Å². The summed E-state index contributed by atoms with van der Waals surface area (Å²) in [5.41, 5.74) is 1.63. The Hall–Kier alpha value is -1.51. The number of nitrogens with one attached hydrogen (secondary N) is 1. The summed E-state index contributed by atoms with van der Waals surface area (Å²) in [5.74, 6) is 0.00190. The minimum atomic E-state index is -0.324. The monoisotopic (exact) mass is 179 g/mol. The maximum absolute atomic E-state index is 13.3. The zero-order valence-electron chi connectivity index (χ0n) is 7.52. The molecular formula is C10H10FNO. The predicted octanol–water partition coefficient (Wildman–Crippen LogP) is 2.62. The lowest BCUT2D eigenvalue weighted by atomic mass is 10.1. The highest BCUT2D eigenvalue weighted by Gasteiger charge is 2.10. The van der Waals surface area contributed by atoms with Crippen molar-refractivity contribution in [3.63, 3.8) is 0 Å². The molecule has 0 spiro atoms. The van der Waals surface area contributed by atoms with Gasteiger partial charge in [-0.2, -0.15) is 0 Å². The van der Waals surface area contributed by atoms with Gasteiger partial charge >= 0.3 is 0 Å². The maximum atomic E-state index is 13.3. The van der Waals surface area contributed by atoms with Crippen LogP contribution in [0.1, 0.15) is 5.56 Å². The number of aromatic amines is 1. The summed E-state index contributed by atoms with van der Waals surface area (Å²) in [7, 11) is 1.48. The number of ether oxygens (including phenoxy) is 1. The SMILES string of the molecule is COc1c(F)cc2[nH]ccc2c1C. The Bertz CT molecular complexity index is 447. The van der Waals surface area contributed by atoms with E-state index in [1.807, 2.05) is 13.0 Å². The number of aromatic nitrogens is 1. The fourth-order valence-electron chi connectivity index (χ4n) is 1.57. The second-order valence-electron chi connectivity index (χ2n) is 2.96. The van der Waals surface area contributed by atoms with Gasteiger partial charge < -0.3 is 9.72 Å². The number of benzene rings is 1. The molecule has 1 N–H and O–H groups in total. The summed E-state index contributed by atoms with van der Waals surface area (Å²) in [6.45, 7) is 1.85. The molecule has 2 nitrogen and oxygen atoms in total. The van der Waals surface area contributed by atoms with Gasteiger partial charge in [0, 0.05) is 28.7 Å². The van der Waals surface area contributed by atoms with E-state index < -0.39 is 0 Å². The molecule has 0 amide bonds. The summed E-state index contributed by atoms with van der Waals surface area (Å²) in [6, 6.07) is 3.35. The topological polar surface area (TPSA) is 25.0 Å². The Morgan fingerprint density at radius 2 is 2.23 bits per heavy atom. The van der Waals surface area contributed by atoms with Gasteiger partial charge in [-0.1, -0.05) is 0 Å². The average Bonchev–Trinajstić information content (AvgIpc) is 2.53. The first-order valence-electron chi connectivity index (χ1n) is 4.04. The maximum Gasteiger partial charge on any atom is 0.167 e. The van der Waals surface area contributed by atoms with Crippen LogP contribution in [0.15, 0.2) is 18.3 Å². The molecule has 68 valence electrons. The minimum absolute atomic E-state index is 0.324. The summed E-state index contributed by atoms with van der Waals surface area (Å²) in [6.07, 6.45) is 1.79. The first-order chi connectivity index (χ1) is 6.24. The molecule has 2 rings (SSSR count). The van der Waals surface area contributed by atoms with Crippen molar-refractivity contribution in [1.82, 2.24) is 4.98 Å². The smallest absolute Gasteiger partial charge is 0.167 e. The van der Waals surface area contributed by atoms with Crippen LogP contribution in [0.3, 0.4) is 0 Å². The third kappa shape index (κ3) is 1.08. The molecule has 13 heavy (non-hydrogen) atoms. The van der Waals surface area contributed by atoms with Crippen molar-refractivity contribution in [3.05, 3.63) is 29.7 Å². The molecule has 0 unspecified atom stereocenters. The molecule has 2 aromatic rings. The van der Waals surface area contributed by atoms with Gasteiger partial charge in [0.05, 0.1) is 7.11 Å². The van der Waals surface area contributed by atoms with Crippen molar-refractivity contribution in [3.8, 4) is 5.75 Å². The van der Waals surface area contributed by atoms with Crippen molar-refractivity contribution in [2.75, 3.05) is 7.11 Å². The number of aryl methyl sites for hydroxylation is 1. The Morgan fingerprint density at radius 1 is 1.46 bits per heavy atom. The van der Waals surface area contributed by atoms with Gasteiger partial charge in [0.25, 0.3) is 0 Å². The van der Waals surface area contributed by atoms with E-state index >= 15 is 0 Å². The molecule has 0 saturated carbocycles. The van der Waals surface area contributed by atoms with Crippen LogP contribution in [0.25, 0.3) is 10.9 Å². The van der Waals surface area contributed by atoms with Gasteiger partial charge in [0.15, 0.2) is 11.6 Å². The van der Waals surface area contributed by atoms with Crippen LogP contribution in [0.4, 0.5) is 4.39 Å². The number of hydrogen-bond donors (Lipinski definition) is 1. The van der Waals surface area contributed by atoms with E-state index in [0.29, 0.717) is 5.75 Å². The summed E-state index contributed by atoms with van der Waals surface area (Å²) in [5, 5.41) is 0.998. The second kappa shape index (κ2) is 2.76. The largest absolute Gasteiger partial charge is 0.493 e. The normalized spacial score (nSPS) is 10.7. The van der Waals surface area contributed by atoms with E-state index in [-0.39, 0.29) is 5.82 Å². The standard InChI is InChI=1S/C10H10FNO/c1-6-7-3-4-12-9(7)5-8(11)10(6)13-2/h3-5,12H,1-2H3. The molecule has 0 aliphatic rings. The lowest BCUT2D eigenvalue weighted by molar-refractivity contribution is 0.384. The minimum Gasteiger partial charge on any atom is -0.493 e. The molecule has 0 bridgehead atoms. The molecule has 0 aliphatic carbocycles. The van der Waals surface area contributed by atoms with Gasteiger partial charge in [0.2, 0.25) is 0 Å². The van der Waals surface area contributed by atoms with Crippen LogP contribution in [0.2, 0.25) is 0 Å². The van der Waals surface area contributed by atoms with Gasteiger partial charge in [-0.15, -0.1) is 0 Å². The van der Waals surface area contributed by atoms with E-state index in [2.05, 4.69) is 4.98 Å². The van der Waals surface area contributed by atoms with E-state index in [4.69, 9.17) is 4.74 Å². The van der Waals surface area contributed by atoms with E-state index in [1.165, 1.54) is 13.2 Å². The lowest BCUT2D eigenvalue weighted by Gasteiger charge is -2.06. The number of methoxy groups -OCH3 is 1. The highest BCUT2D eigenvalue weighted by molar-refractivity contribution is 5.85. The molecular weight excluding hydrogens is 169 g/mol. The van der Waals surface area contributed by atoms with Crippen molar-refractivity contribution in [1.29, 1.82) is 0 Å². The Kier molecular flexibility index (Phi) is 1.72. The van der Waals surface area contributed by atoms with Gasteiger partial charge in [-0.3, -0.25) is 0 Å². The number of halogens is 1. The molecule has 1 aromatic carbocycles. The quantitative estimate of drug-likeness (QED) is 0.715. The summed E-state index contributed by atoms with van der Waals surface area (Å²) < 4.78 is 18.3. The van der Waals surface area contributed by atoms with E-state index in [1.54, 1.807) is 6.20 Å². The molecule has 1 heterocycles. The van der Waals surface area contributed by atoms with Crippen molar-refractivity contribution < 1.29 is 9.13 Å². The first kappa shape index (κ1) is 8.10. The second-order valence-corrected chi connectivity index (χ2v) is 2.96. The van der Waals surface area contributed by atoms with Gasteiger partial charge in [-0.25, -0.2) is 4.39 Å². The Balaban J connectivity index is 2.85. The Morgan fingerprint density at radius 3 is 2.92 bits per heavy atom. The van der Waals surface area contributed by atoms with Crippen LogP contribution in [-0.2, 0) is 0 Å². The third-order valence-corrected chi connectivity index (χ3v) is 2.22. The summed E-state index contributed by atoms with van der Waals surface area (Å²) >= 11 is 0. The summed E-state index contributed by atoms with van der Waals surface area (Å²) in [4.78, 5) is 2.96. The van der Waals surface area contributed by atoms with Crippen molar-refractivity contribution in [2.24, 2.45) is 0 Å². The van der Waals surface area contributed by atoms with Crippen LogP contribution in [-0.4, -0.2) is 12.1 Å². The zero-order chi connectivity index (χ0) is 9.42. The molecule has 0 atom stereocenters. The van der Waals surface area contributed by atoms with Gasteiger partial charge in [-0.05, 0) is 13.0 Å². The van der Waals surface area contributed by atoms with Crippen LogP contribution in [0, 0.1) is 12.7 Å². The lowest BCUT2D eigenvalue weighted by Crippen LogP contribution is -1.91. The highest BCUT2D eigenvalue weighted by Crippen LogP contribution is 2.29. The fraction of sp³-hybridized carbons (Fsp3) is 0.200. The highest BCUT2D eigenvalue weighted by atomic mass is 19.1. The zero-order valence-corrected chi connectivity index (χ0v) is 7.52. The molecule has 0 saturated heterocycles. The number of H-pyrrole nitrogens is 1. The van der Waals surface area contributed by atoms with Crippen molar-refractivity contribution in [2.45, 2.75) is 6.92 Å². The number of hydrogen-bond acceptors (Lipinski definition) is 1. The van der Waals surface area contributed by atoms with Gasteiger partial charge in [0.1, 0.15) is 0 Å².